The van der Waals surface area contributed by atoms with Crippen molar-refractivity contribution in [2.75, 3.05) is 19.8 Å². The largest absolute Gasteiger partial charge is 0.486 e. The van der Waals surface area contributed by atoms with Crippen LogP contribution in [0.4, 0.5) is 0 Å². The van der Waals surface area contributed by atoms with Crippen molar-refractivity contribution in [2.45, 2.75) is 57.9 Å². The first kappa shape index (κ1) is 19.6. The van der Waals surface area contributed by atoms with Crippen molar-refractivity contribution in [3.63, 3.8) is 0 Å². The molecule has 3 aromatic rings. The third kappa shape index (κ3) is 2.76. The number of nitrogens with zero attached hydrogens (tertiary/aromatic N) is 4. The molecule has 6 rings (SSSR count). The standard InChI is InChI=1S/C25H28N4O3/c1-15-10-16(2)29-23(27-15)19(13-26-29)24(30)28-14-25(6-4-5-7-25)20-12-22-21(31-8-9-32-22)11-18(20)17(28)3/h10-13,17H,4-9,14H2,1-3H3. The van der Waals surface area contributed by atoms with Crippen LogP contribution in [0.2, 0.25) is 0 Å². The molecular formula is C25H28N4O3. The highest BCUT2D eigenvalue weighted by Gasteiger charge is 2.46. The lowest BCUT2D eigenvalue weighted by atomic mass is 9.71. The molecule has 1 aliphatic carbocycles. The summed E-state index contributed by atoms with van der Waals surface area (Å²) < 4.78 is 13.6. The van der Waals surface area contributed by atoms with Crippen LogP contribution < -0.4 is 9.47 Å². The summed E-state index contributed by atoms with van der Waals surface area (Å²) in [5, 5.41) is 4.46. The average molecular weight is 433 g/mol. The Hall–Kier alpha value is -3.09. The average Bonchev–Trinajstić information content (AvgIpc) is 3.43. The van der Waals surface area contributed by atoms with Gasteiger partial charge < -0.3 is 14.4 Å². The minimum Gasteiger partial charge on any atom is -0.486 e. The molecule has 1 amide bonds. The van der Waals surface area contributed by atoms with E-state index in [9.17, 15) is 4.79 Å². The number of aromatic nitrogens is 3. The molecule has 7 nitrogen and oxygen atoms in total. The molecule has 1 saturated carbocycles. The van der Waals surface area contributed by atoms with Crippen LogP contribution in [-0.2, 0) is 5.41 Å². The fourth-order valence-corrected chi connectivity index (χ4v) is 5.93. The van der Waals surface area contributed by atoms with E-state index in [1.807, 2.05) is 24.8 Å². The summed E-state index contributed by atoms with van der Waals surface area (Å²) in [6, 6.07) is 6.21. The van der Waals surface area contributed by atoms with Gasteiger partial charge >= 0.3 is 0 Å². The molecule has 1 fully saturated rings. The Bertz CT molecular complexity index is 1240. The van der Waals surface area contributed by atoms with Crippen molar-refractivity contribution in [1.82, 2.24) is 19.5 Å². The number of hydrogen-bond acceptors (Lipinski definition) is 5. The second-order valence-electron chi connectivity index (χ2n) is 9.51. The second kappa shape index (κ2) is 6.95. The predicted molar refractivity (Wildman–Crippen MR) is 119 cm³/mol. The molecule has 1 aromatic carbocycles. The first-order chi connectivity index (χ1) is 15.5. The van der Waals surface area contributed by atoms with Gasteiger partial charge in [-0.3, -0.25) is 4.79 Å². The van der Waals surface area contributed by atoms with Gasteiger partial charge in [0.15, 0.2) is 17.1 Å². The van der Waals surface area contributed by atoms with Crippen LogP contribution in [0.5, 0.6) is 11.5 Å². The highest BCUT2D eigenvalue weighted by molar-refractivity contribution is 6.00. The number of amides is 1. The fourth-order valence-electron chi connectivity index (χ4n) is 5.93. The number of rotatable bonds is 1. The van der Waals surface area contributed by atoms with Crippen molar-refractivity contribution in [2.24, 2.45) is 0 Å². The van der Waals surface area contributed by atoms with Crippen LogP contribution in [0.3, 0.4) is 0 Å². The lowest BCUT2D eigenvalue weighted by molar-refractivity contribution is 0.0595. The van der Waals surface area contributed by atoms with Crippen molar-refractivity contribution < 1.29 is 14.3 Å². The number of fused-ring (bicyclic) bond motifs is 4. The Labute approximate surface area is 187 Å². The van der Waals surface area contributed by atoms with E-state index in [4.69, 9.17) is 9.47 Å². The van der Waals surface area contributed by atoms with Gasteiger partial charge in [0.05, 0.1) is 12.2 Å². The van der Waals surface area contributed by atoms with Gasteiger partial charge in [-0.25, -0.2) is 9.50 Å². The van der Waals surface area contributed by atoms with E-state index in [-0.39, 0.29) is 17.4 Å². The normalized spacial score (nSPS) is 21.2. The van der Waals surface area contributed by atoms with Crippen LogP contribution in [0.25, 0.3) is 5.65 Å². The molecule has 32 heavy (non-hydrogen) atoms. The summed E-state index contributed by atoms with van der Waals surface area (Å²) in [6.45, 7) is 7.90. The summed E-state index contributed by atoms with van der Waals surface area (Å²) >= 11 is 0. The Morgan fingerprint density at radius 1 is 1.09 bits per heavy atom. The Kier molecular flexibility index (Phi) is 4.26. The van der Waals surface area contributed by atoms with Gasteiger partial charge in [-0.1, -0.05) is 12.8 Å². The number of ether oxygens (including phenoxy) is 2. The molecule has 2 aromatic heterocycles. The molecule has 3 aliphatic rings. The third-order valence-electron chi connectivity index (χ3n) is 7.51. The molecule has 0 radical (unpaired) electrons. The summed E-state index contributed by atoms with van der Waals surface area (Å²) in [6.07, 6.45) is 6.20. The van der Waals surface area contributed by atoms with E-state index in [1.165, 1.54) is 24.0 Å². The third-order valence-corrected chi connectivity index (χ3v) is 7.51. The molecule has 0 bridgehead atoms. The fraction of sp³-hybridized carbons (Fsp3) is 0.480. The van der Waals surface area contributed by atoms with Crippen LogP contribution in [0, 0.1) is 13.8 Å². The number of carbonyl (C=O) groups excluding carboxylic acids is 1. The molecular weight excluding hydrogens is 404 g/mol. The summed E-state index contributed by atoms with van der Waals surface area (Å²) in [5.41, 5.74) is 5.53. The molecule has 2 aliphatic heterocycles. The van der Waals surface area contributed by atoms with E-state index in [0.29, 0.717) is 31.0 Å². The maximum Gasteiger partial charge on any atom is 0.259 e. The van der Waals surface area contributed by atoms with Gasteiger partial charge in [0, 0.05) is 23.3 Å². The second-order valence-corrected chi connectivity index (χ2v) is 9.51. The van der Waals surface area contributed by atoms with Crippen molar-refractivity contribution >= 4 is 11.6 Å². The zero-order valence-electron chi connectivity index (χ0n) is 18.9. The predicted octanol–water partition coefficient (Wildman–Crippen LogP) is 4.15. The minimum absolute atomic E-state index is 0.00295. The van der Waals surface area contributed by atoms with Gasteiger partial charge in [0.25, 0.3) is 5.91 Å². The maximum absolute atomic E-state index is 13.9. The Balaban J connectivity index is 1.47. The van der Waals surface area contributed by atoms with E-state index in [0.717, 1.165) is 35.7 Å². The smallest absolute Gasteiger partial charge is 0.259 e. The topological polar surface area (TPSA) is 69.0 Å². The monoisotopic (exact) mass is 432 g/mol. The van der Waals surface area contributed by atoms with Gasteiger partial charge in [-0.2, -0.15) is 5.10 Å². The maximum atomic E-state index is 13.9. The van der Waals surface area contributed by atoms with Gasteiger partial charge in [0.1, 0.15) is 18.8 Å². The molecule has 4 heterocycles. The van der Waals surface area contributed by atoms with Crippen molar-refractivity contribution in [3.8, 4) is 11.5 Å². The van der Waals surface area contributed by atoms with E-state index in [2.05, 4.69) is 29.1 Å². The van der Waals surface area contributed by atoms with Crippen LogP contribution >= 0.6 is 0 Å². The van der Waals surface area contributed by atoms with E-state index in [1.54, 1.807) is 10.7 Å². The first-order valence-corrected chi connectivity index (χ1v) is 11.5. The van der Waals surface area contributed by atoms with Gasteiger partial charge in [0.2, 0.25) is 0 Å². The van der Waals surface area contributed by atoms with Gasteiger partial charge in [-0.05, 0) is 62.9 Å². The Morgan fingerprint density at radius 3 is 2.56 bits per heavy atom. The number of benzene rings is 1. The summed E-state index contributed by atoms with van der Waals surface area (Å²) in [7, 11) is 0. The zero-order chi connectivity index (χ0) is 22.0. The SMILES string of the molecule is Cc1cc(C)n2ncc(C(=O)N3CC4(CCCC4)c4cc5c(cc4C3C)OCCO5)c2n1. The highest BCUT2D eigenvalue weighted by Crippen LogP contribution is 2.52. The van der Waals surface area contributed by atoms with Crippen LogP contribution in [-0.4, -0.2) is 45.2 Å². The molecule has 1 atom stereocenters. The number of hydrogen-bond donors (Lipinski definition) is 0. The molecule has 1 unspecified atom stereocenters. The molecule has 7 heteroatoms. The van der Waals surface area contributed by atoms with E-state index >= 15 is 0 Å². The number of carbonyl (C=O) groups is 1. The first-order valence-electron chi connectivity index (χ1n) is 11.5. The zero-order valence-corrected chi connectivity index (χ0v) is 18.9. The van der Waals surface area contributed by atoms with Crippen molar-refractivity contribution in [3.05, 3.63) is 52.5 Å². The van der Waals surface area contributed by atoms with Crippen LogP contribution in [0.15, 0.2) is 24.4 Å². The Morgan fingerprint density at radius 2 is 1.81 bits per heavy atom. The van der Waals surface area contributed by atoms with E-state index < -0.39 is 0 Å². The minimum atomic E-state index is -0.0691. The van der Waals surface area contributed by atoms with Crippen molar-refractivity contribution in [1.29, 1.82) is 0 Å². The lowest BCUT2D eigenvalue weighted by Gasteiger charge is -2.46. The quantitative estimate of drug-likeness (QED) is 0.578. The molecule has 0 saturated heterocycles. The summed E-state index contributed by atoms with van der Waals surface area (Å²) in [5.74, 6) is 1.62. The lowest BCUT2D eigenvalue weighted by Crippen LogP contribution is -2.48. The van der Waals surface area contributed by atoms with Crippen LogP contribution in [0.1, 0.15) is 71.5 Å². The highest BCUT2D eigenvalue weighted by atomic mass is 16.6. The molecule has 1 spiro atoms. The molecule has 0 N–H and O–H groups in total. The van der Waals surface area contributed by atoms with Gasteiger partial charge in [-0.15, -0.1) is 0 Å². The summed E-state index contributed by atoms with van der Waals surface area (Å²) in [4.78, 5) is 20.6. The molecule has 166 valence electrons. The number of aryl methyl sites for hydroxylation is 2.